The molecule has 0 aliphatic heterocycles. The third-order valence-electron chi connectivity index (χ3n) is 2.98. The normalized spacial score (nSPS) is 10.2. The van der Waals surface area contributed by atoms with Crippen LogP contribution in [-0.2, 0) is 0 Å². The van der Waals surface area contributed by atoms with Crippen molar-refractivity contribution in [3.05, 3.63) is 63.6 Å². The van der Waals surface area contributed by atoms with Gasteiger partial charge in [-0.25, -0.2) is 9.37 Å². The minimum Gasteiger partial charge on any atom is -0.296 e. The first-order valence-corrected chi connectivity index (χ1v) is 6.05. The van der Waals surface area contributed by atoms with E-state index >= 15 is 0 Å². The number of pyridine rings is 1. The molecule has 0 atom stereocenters. The molecule has 7 heteroatoms. The number of carbonyl (C=O) groups excluding carboxylic acids is 1. The second-order valence-corrected chi connectivity index (χ2v) is 4.43. The summed E-state index contributed by atoms with van der Waals surface area (Å²) < 4.78 is 14.1. The lowest BCUT2D eigenvalue weighted by Crippen LogP contribution is -2.28. The van der Waals surface area contributed by atoms with Crippen molar-refractivity contribution < 1.29 is 14.1 Å². The third kappa shape index (κ3) is 2.86. The predicted octanol–water partition coefficient (Wildman–Crippen LogP) is 2.71. The van der Waals surface area contributed by atoms with E-state index in [0.29, 0.717) is 5.82 Å². The van der Waals surface area contributed by atoms with Gasteiger partial charge in [0.1, 0.15) is 11.6 Å². The highest BCUT2D eigenvalue weighted by atomic mass is 19.1. The number of hydrogen-bond donors (Lipinski definition) is 0. The number of rotatable bonds is 3. The van der Waals surface area contributed by atoms with Crippen LogP contribution in [0.15, 0.2) is 36.5 Å². The number of amides is 1. The van der Waals surface area contributed by atoms with E-state index in [9.17, 15) is 19.3 Å². The third-order valence-corrected chi connectivity index (χ3v) is 2.98. The lowest BCUT2D eigenvalue weighted by atomic mass is 10.1. The zero-order chi connectivity index (χ0) is 15.6. The van der Waals surface area contributed by atoms with Gasteiger partial charge in [-0.3, -0.25) is 19.8 Å². The number of nitro groups is 1. The van der Waals surface area contributed by atoms with Gasteiger partial charge in [-0.1, -0.05) is 6.07 Å². The predicted molar refractivity (Wildman–Crippen MR) is 74.8 cm³/mol. The molecule has 0 unspecified atom stereocenters. The van der Waals surface area contributed by atoms with Crippen molar-refractivity contribution in [1.82, 2.24) is 4.98 Å². The van der Waals surface area contributed by atoms with Crippen molar-refractivity contribution in [1.29, 1.82) is 0 Å². The quantitative estimate of drug-likeness (QED) is 0.643. The Morgan fingerprint density at radius 3 is 2.67 bits per heavy atom. The van der Waals surface area contributed by atoms with E-state index in [1.165, 1.54) is 20.2 Å². The molecule has 108 valence electrons. The van der Waals surface area contributed by atoms with E-state index in [1.807, 2.05) is 0 Å². The molecule has 6 nitrogen and oxygen atoms in total. The van der Waals surface area contributed by atoms with Gasteiger partial charge in [0.25, 0.3) is 11.6 Å². The summed E-state index contributed by atoms with van der Waals surface area (Å²) >= 11 is 0. The number of hydrogen-bond acceptors (Lipinski definition) is 4. The van der Waals surface area contributed by atoms with Crippen LogP contribution in [0, 0.1) is 22.9 Å². The Kier molecular flexibility index (Phi) is 3.93. The van der Waals surface area contributed by atoms with Crippen LogP contribution in [0.1, 0.15) is 15.9 Å². The molecular formula is C14H12FN3O3. The van der Waals surface area contributed by atoms with Gasteiger partial charge in [-0.05, 0) is 24.6 Å². The van der Waals surface area contributed by atoms with E-state index in [2.05, 4.69) is 4.98 Å². The van der Waals surface area contributed by atoms with Crippen LogP contribution in [-0.4, -0.2) is 22.9 Å². The molecule has 2 rings (SSSR count). The van der Waals surface area contributed by atoms with Crippen molar-refractivity contribution in [2.45, 2.75) is 6.92 Å². The van der Waals surface area contributed by atoms with Gasteiger partial charge in [-0.15, -0.1) is 0 Å². The van der Waals surface area contributed by atoms with Gasteiger partial charge in [0, 0.05) is 25.4 Å². The molecular weight excluding hydrogens is 277 g/mol. The molecule has 1 aromatic heterocycles. The van der Waals surface area contributed by atoms with E-state index < -0.39 is 16.6 Å². The molecule has 2 aromatic rings. The Bertz CT molecular complexity index is 704. The van der Waals surface area contributed by atoms with Crippen molar-refractivity contribution in [3.8, 4) is 0 Å². The summed E-state index contributed by atoms with van der Waals surface area (Å²) in [6.07, 6.45) is 1.49. The topological polar surface area (TPSA) is 76.3 Å². The summed E-state index contributed by atoms with van der Waals surface area (Å²) in [6.45, 7) is 1.37. The maximum Gasteiger partial charge on any atom is 0.270 e. The standard InChI is InChI=1S/C14H12FN3O3/c1-9-7-10(18(20)21)8-11(13(9)15)14(19)17(2)12-5-3-4-6-16-12/h3-8H,1-2H3. The number of non-ortho nitro benzene ring substituents is 1. The maximum absolute atomic E-state index is 14.1. The van der Waals surface area contributed by atoms with Crippen LogP contribution < -0.4 is 4.90 Å². The average Bonchev–Trinajstić information content (AvgIpc) is 2.49. The molecule has 21 heavy (non-hydrogen) atoms. The minimum atomic E-state index is -0.770. The number of anilines is 1. The first kappa shape index (κ1) is 14.6. The fourth-order valence-electron chi connectivity index (χ4n) is 1.85. The van der Waals surface area contributed by atoms with Crippen LogP contribution >= 0.6 is 0 Å². The fraction of sp³-hybridized carbons (Fsp3) is 0.143. The Balaban J connectivity index is 2.46. The minimum absolute atomic E-state index is 0.0435. The smallest absolute Gasteiger partial charge is 0.270 e. The molecule has 0 N–H and O–H groups in total. The molecule has 0 aliphatic rings. The SMILES string of the molecule is Cc1cc([N+](=O)[O-])cc(C(=O)N(C)c2ccccn2)c1F. The summed E-state index contributed by atoms with van der Waals surface area (Å²) in [5.74, 6) is -1.14. The Hall–Kier alpha value is -2.83. The molecule has 0 radical (unpaired) electrons. The number of nitrogens with zero attached hydrogens (tertiary/aromatic N) is 3. The summed E-state index contributed by atoms with van der Waals surface area (Å²) in [4.78, 5) is 27.6. The molecule has 0 spiro atoms. The highest BCUT2D eigenvalue weighted by molar-refractivity contribution is 6.05. The van der Waals surface area contributed by atoms with Gasteiger partial charge in [-0.2, -0.15) is 0 Å². The average molecular weight is 289 g/mol. The number of aryl methyl sites for hydroxylation is 1. The van der Waals surface area contributed by atoms with Crippen LogP contribution in [0.4, 0.5) is 15.9 Å². The molecule has 1 aromatic carbocycles. The lowest BCUT2D eigenvalue weighted by molar-refractivity contribution is -0.385. The first-order valence-electron chi connectivity index (χ1n) is 6.05. The highest BCUT2D eigenvalue weighted by Crippen LogP contribution is 2.23. The summed E-state index contributed by atoms with van der Waals surface area (Å²) in [5, 5.41) is 10.8. The first-order chi connectivity index (χ1) is 9.91. The zero-order valence-corrected chi connectivity index (χ0v) is 11.4. The van der Waals surface area contributed by atoms with Crippen molar-refractivity contribution in [2.75, 3.05) is 11.9 Å². The molecule has 0 bridgehead atoms. The van der Waals surface area contributed by atoms with Gasteiger partial charge in [0.15, 0.2) is 0 Å². The van der Waals surface area contributed by atoms with Crippen molar-refractivity contribution >= 4 is 17.4 Å². The Labute approximate surface area is 120 Å². The molecule has 1 heterocycles. The molecule has 0 fully saturated rings. The molecule has 0 saturated carbocycles. The largest absolute Gasteiger partial charge is 0.296 e. The number of nitro benzene ring substituents is 1. The number of halogens is 1. The van der Waals surface area contributed by atoms with Gasteiger partial charge in [0.05, 0.1) is 10.5 Å². The Morgan fingerprint density at radius 2 is 2.10 bits per heavy atom. The van der Waals surface area contributed by atoms with E-state index in [1.54, 1.807) is 18.2 Å². The van der Waals surface area contributed by atoms with E-state index in [-0.39, 0.29) is 16.8 Å². The van der Waals surface area contributed by atoms with Gasteiger partial charge < -0.3 is 0 Å². The monoisotopic (exact) mass is 289 g/mol. The lowest BCUT2D eigenvalue weighted by Gasteiger charge is -2.16. The number of benzene rings is 1. The summed E-state index contributed by atoms with van der Waals surface area (Å²) in [6, 6.07) is 6.97. The number of carbonyl (C=O) groups is 1. The fourth-order valence-corrected chi connectivity index (χ4v) is 1.85. The summed E-state index contributed by atoms with van der Waals surface area (Å²) in [5.41, 5.74) is -0.636. The second kappa shape index (κ2) is 5.66. The highest BCUT2D eigenvalue weighted by Gasteiger charge is 2.23. The van der Waals surface area contributed by atoms with E-state index in [4.69, 9.17) is 0 Å². The van der Waals surface area contributed by atoms with Crippen LogP contribution in [0.5, 0.6) is 0 Å². The van der Waals surface area contributed by atoms with Crippen LogP contribution in [0.2, 0.25) is 0 Å². The Morgan fingerprint density at radius 1 is 1.38 bits per heavy atom. The van der Waals surface area contributed by atoms with Gasteiger partial charge >= 0.3 is 0 Å². The summed E-state index contributed by atoms with van der Waals surface area (Å²) in [7, 11) is 1.43. The van der Waals surface area contributed by atoms with Crippen molar-refractivity contribution in [2.24, 2.45) is 0 Å². The van der Waals surface area contributed by atoms with Crippen molar-refractivity contribution in [3.63, 3.8) is 0 Å². The molecule has 1 amide bonds. The maximum atomic E-state index is 14.1. The van der Waals surface area contributed by atoms with E-state index in [0.717, 1.165) is 17.0 Å². The molecule has 0 saturated heterocycles. The molecule has 0 aliphatic carbocycles. The second-order valence-electron chi connectivity index (χ2n) is 4.43. The zero-order valence-electron chi connectivity index (χ0n) is 11.4. The van der Waals surface area contributed by atoms with Crippen LogP contribution in [0.25, 0.3) is 0 Å². The van der Waals surface area contributed by atoms with Crippen LogP contribution in [0.3, 0.4) is 0 Å². The number of aromatic nitrogens is 1. The van der Waals surface area contributed by atoms with Gasteiger partial charge in [0.2, 0.25) is 0 Å².